The van der Waals surface area contributed by atoms with Gasteiger partial charge < -0.3 is 5.32 Å². The number of amides is 2. The fourth-order valence-electron chi connectivity index (χ4n) is 3.20. The van der Waals surface area contributed by atoms with Gasteiger partial charge in [0.25, 0.3) is 0 Å². The minimum atomic E-state index is -0.651. The number of carbonyl (C=O) groups excluding carboxylic acids is 2. The van der Waals surface area contributed by atoms with Gasteiger partial charge in [-0.15, -0.1) is 0 Å². The van der Waals surface area contributed by atoms with E-state index in [4.69, 9.17) is 0 Å². The molecule has 29 heavy (non-hydrogen) atoms. The number of hydrogen-bond donors (Lipinski definition) is 1. The van der Waals surface area contributed by atoms with Crippen LogP contribution in [0.25, 0.3) is 0 Å². The van der Waals surface area contributed by atoms with Crippen LogP contribution in [0.3, 0.4) is 0 Å². The van der Waals surface area contributed by atoms with Crippen molar-refractivity contribution in [2.45, 2.75) is 32.7 Å². The van der Waals surface area contributed by atoms with Crippen molar-refractivity contribution in [3.63, 3.8) is 0 Å². The molecule has 0 aliphatic heterocycles. The number of rotatable bonds is 4. The highest BCUT2D eigenvalue weighted by atomic mass is 16.2. The Morgan fingerprint density at radius 2 is 1.34 bits per heavy atom. The zero-order chi connectivity index (χ0) is 20.9. The van der Waals surface area contributed by atoms with Gasteiger partial charge in [0, 0.05) is 11.4 Å². The lowest BCUT2D eigenvalue weighted by molar-refractivity contribution is -0.134. The van der Waals surface area contributed by atoms with Gasteiger partial charge in [-0.25, -0.2) is 0 Å². The lowest BCUT2D eigenvalue weighted by Gasteiger charge is -2.25. The summed E-state index contributed by atoms with van der Waals surface area (Å²) in [5.74, 6) is -1.25. The molecule has 0 aromatic heterocycles. The topological polar surface area (TPSA) is 49.4 Å². The van der Waals surface area contributed by atoms with Crippen LogP contribution in [0.1, 0.15) is 31.9 Å². The largest absolute Gasteiger partial charge is 0.317 e. The molecule has 3 aromatic rings. The molecule has 0 aliphatic rings. The van der Waals surface area contributed by atoms with Crippen LogP contribution < -0.4 is 10.2 Å². The van der Waals surface area contributed by atoms with Crippen LogP contribution in [0.2, 0.25) is 0 Å². The van der Waals surface area contributed by atoms with Crippen molar-refractivity contribution in [3.8, 4) is 0 Å². The zero-order valence-electron chi connectivity index (χ0n) is 17.1. The molecule has 0 aliphatic carbocycles. The van der Waals surface area contributed by atoms with Gasteiger partial charge in [-0.05, 0) is 34.7 Å². The number of nitrogens with zero attached hydrogens (tertiary/aromatic N) is 1. The summed E-state index contributed by atoms with van der Waals surface area (Å²) < 4.78 is 0. The van der Waals surface area contributed by atoms with Crippen LogP contribution in [-0.2, 0) is 21.5 Å². The molecular formula is C25H26N2O2. The van der Waals surface area contributed by atoms with Crippen LogP contribution in [-0.4, -0.2) is 11.8 Å². The lowest BCUT2D eigenvalue weighted by atomic mass is 9.86. The Morgan fingerprint density at radius 3 is 1.97 bits per heavy atom. The van der Waals surface area contributed by atoms with Gasteiger partial charge in [0.05, 0.1) is 6.54 Å². The van der Waals surface area contributed by atoms with E-state index in [-0.39, 0.29) is 5.41 Å². The molecule has 4 heteroatoms. The van der Waals surface area contributed by atoms with Crippen molar-refractivity contribution >= 4 is 23.2 Å². The third-order valence-electron chi connectivity index (χ3n) is 4.67. The van der Waals surface area contributed by atoms with E-state index < -0.39 is 11.8 Å². The third kappa shape index (κ3) is 5.11. The summed E-state index contributed by atoms with van der Waals surface area (Å²) in [5, 5.41) is 2.82. The number of anilines is 2. The first-order valence-corrected chi connectivity index (χ1v) is 9.67. The molecule has 0 saturated heterocycles. The van der Waals surface area contributed by atoms with Gasteiger partial charge in [-0.1, -0.05) is 87.5 Å². The highest BCUT2D eigenvalue weighted by molar-refractivity contribution is 6.44. The summed E-state index contributed by atoms with van der Waals surface area (Å²) in [4.78, 5) is 27.5. The van der Waals surface area contributed by atoms with Crippen LogP contribution in [0.4, 0.5) is 11.4 Å². The maximum absolute atomic E-state index is 13.1. The number of para-hydroxylation sites is 2. The predicted molar refractivity (Wildman–Crippen MR) is 118 cm³/mol. The molecule has 0 radical (unpaired) electrons. The van der Waals surface area contributed by atoms with E-state index in [1.807, 2.05) is 84.9 Å². The average molecular weight is 386 g/mol. The Bertz CT molecular complexity index is 976. The van der Waals surface area contributed by atoms with Crippen molar-refractivity contribution in [3.05, 3.63) is 96.1 Å². The molecule has 0 spiro atoms. The summed E-state index contributed by atoms with van der Waals surface area (Å²) in [6.45, 7) is 6.54. The van der Waals surface area contributed by atoms with Gasteiger partial charge in [-0.2, -0.15) is 0 Å². The van der Waals surface area contributed by atoms with E-state index in [9.17, 15) is 9.59 Å². The van der Waals surface area contributed by atoms with Crippen molar-refractivity contribution in [2.75, 3.05) is 10.2 Å². The van der Waals surface area contributed by atoms with Gasteiger partial charge in [0.1, 0.15) is 0 Å². The second kappa shape index (κ2) is 8.74. The molecule has 148 valence electrons. The van der Waals surface area contributed by atoms with Crippen LogP contribution in [0.15, 0.2) is 84.9 Å². The molecule has 2 amide bonds. The van der Waals surface area contributed by atoms with Crippen molar-refractivity contribution in [1.82, 2.24) is 0 Å². The van der Waals surface area contributed by atoms with Gasteiger partial charge in [0.2, 0.25) is 0 Å². The van der Waals surface area contributed by atoms with Crippen molar-refractivity contribution in [1.29, 1.82) is 0 Å². The molecule has 3 aromatic carbocycles. The molecule has 1 N–H and O–H groups in total. The minimum Gasteiger partial charge on any atom is -0.317 e. The SMILES string of the molecule is CC(C)(C)c1ccccc1NC(=O)C(=O)N(Cc1ccccc1)c1ccccc1. The first kappa shape index (κ1) is 20.3. The van der Waals surface area contributed by atoms with Crippen molar-refractivity contribution < 1.29 is 9.59 Å². The summed E-state index contributed by atoms with van der Waals surface area (Å²) in [6.07, 6.45) is 0. The van der Waals surface area contributed by atoms with Crippen LogP contribution in [0.5, 0.6) is 0 Å². The molecule has 0 atom stereocenters. The average Bonchev–Trinajstić information content (AvgIpc) is 2.72. The Labute approximate surface area is 172 Å². The van der Waals surface area contributed by atoms with E-state index in [1.54, 1.807) is 0 Å². The van der Waals surface area contributed by atoms with Crippen LogP contribution in [0, 0.1) is 0 Å². The highest BCUT2D eigenvalue weighted by Crippen LogP contribution is 2.29. The monoisotopic (exact) mass is 386 g/mol. The lowest BCUT2D eigenvalue weighted by Crippen LogP contribution is -2.39. The summed E-state index contributed by atoms with van der Waals surface area (Å²) in [7, 11) is 0. The van der Waals surface area contributed by atoms with Gasteiger partial charge in [-0.3, -0.25) is 14.5 Å². The number of nitrogens with one attached hydrogen (secondary N) is 1. The Hall–Kier alpha value is -3.40. The summed E-state index contributed by atoms with van der Waals surface area (Å²) in [5.41, 5.74) is 3.12. The second-order valence-electron chi connectivity index (χ2n) is 7.96. The first-order chi connectivity index (χ1) is 13.9. The smallest absolute Gasteiger partial charge is 0.316 e. The second-order valence-corrected chi connectivity index (χ2v) is 7.96. The Balaban J connectivity index is 1.87. The standard InChI is InChI=1S/C25H26N2O2/c1-25(2,3)21-16-10-11-17-22(21)26-23(28)24(29)27(20-14-8-5-9-15-20)18-19-12-6-4-7-13-19/h4-17H,18H2,1-3H3,(H,26,28). The maximum atomic E-state index is 13.1. The zero-order valence-corrected chi connectivity index (χ0v) is 17.1. The first-order valence-electron chi connectivity index (χ1n) is 9.67. The van der Waals surface area contributed by atoms with E-state index in [0.717, 1.165) is 11.1 Å². The molecule has 0 bridgehead atoms. The normalized spacial score (nSPS) is 11.0. The quantitative estimate of drug-likeness (QED) is 0.630. The molecule has 3 rings (SSSR count). The maximum Gasteiger partial charge on any atom is 0.316 e. The number of hydrogen-bond acceptors (Lipinski definition) is 2. The molecule has 0 unspecified atom stereocenters. The van der Waals surface area contributed by atoms with E-state index in [2.05, 4.69) is 26.1 Å². The van der Waals surface area contributed by atoms with Crippen molar-refractivity contribution in [2.24, 2.45) is 0 Å². The highest BCUT2D eigenvalue weighted by Gasteiger charge is 2.26. The number of benzene rings is 3. The van der Waals surface area contributed by atoms with E-state index in [0.29, 0.717) is 17.9 Å². The fourth-order valence-corrected chi connectivity index (χ4v) is 3.20. The van der Waals surface area contributed by atoms with E-state index >= 15 is 0 Å². The molecule has 4 nitrogen and oxygen atoms in total. The third-order valence-corrected chi connectivity index (χ3v) is 4.67. The van der Waals surface area contributed by atoms with Gasteiger partial charge in [0.15, 0.2) is 0 Å². The molecule has 0 fully saturated rings. The fraction of sp³-hybridized carbons (Fsp3) is 0.200. The predicted octanol–water partition coefficient (Wildman–Crippen LogP) is 5.16. The molecule has 0 heterocycles. The summed E-state index contributed by atoms with van der Waals surface area (Å²) in [6, 6.07) is 26.5. The van der Waals surface area contributed by atoms with Gasteiger partial charge >= 0.3 is 11.8 Å². The minimum absolute atomic E-state index is 0.157. The Kier molecular flexibility index (Phi) is 6.13. The molecular weight excluding hydrogens is 360 g/mol. The molecule has 0 saturated carbocycles. The Morgan fingerprint density at radius 1 is 0.793 bits per heavy atom. The summed E-state index contributed by atoms with van der Waals surface area (Å²) >= 11 is 0. The van der Waals surface area contributed by atoms with Crippen LogP contribution >= 0.6 is 0 Å². The number of carbonyl (C=O) groups is 2. The van der Waals surface area contributed by atoms with E-state index in [1.165, 1.54) is 4.90 Å².